The van der Waals surface area contributed by atoms with Gasteiger partial charge in [0.1, 0.15) is 17.2 Å². The number of ether oxygens (including phenoxy) is 2. The van der Waals surface area contributed by atoms with Crippen LogP contribution in [0.2, 0.25) is 0 Å². The summed E-state index contributed by atoms with van der Waals surface area (Å²) >= 11 is 0. The number of benzene rings is 4. The molecule has 43 heavy (non-hydrogen) atoms. The fraction of sp³-hybridized carbons (Fsp3) is 0.0588. The Hall–Kier alpha value is -5.96. The minimum absolute atomic E-state index is 0.116. The molecule has 5 rings (SSSR count). The Morgan fingerprint density at radius 3 is 2.19 bits per heavy atom. The fourth-order valence-corrected chi connectivity index (χ4v) is 4.22. The van der Waals surface area contributed by atoms with Gasteiger partial charge < -0.3 is 25.2 Å². The Labute approximate surface area is 247 Å². The van der Waals surface area contributed by atoms with Gasteiger partial charge in [0.05, 0.1) is 23.9 Å². The van der Waals surface area contributed by atoms with Crippen molar-refractivity contribution in [3.05, 3.63) is 132 Å². The number of phenolic OH excluding ortho intramolecular Hbond substituents is 1. The molecule has 0 unspecified atom stereocenters. The van der Waals surface area contributed by atoms with Gasteiger partial charge in [0, 0.05) is 23.6 Å². The number of anilines is 2. The van der Waals surface area contributed by atoms with Crippen molar-refractivity contribution in [2.75, 3.05) is 17.7 Å². The third-order valence-electron chi connectivity index (χ3n) is 6.50. The van der Waals surface area contributed by atoms with Gasteiger partial charge in [-0.05, 0) is 78.7 Å². The molecule has 9 nitrogen and oxygen atoms in total. The summed E-state index contributed by atoms with van der Waals surface area (Å²) in [5.74, 6) is -0.613. The highest BCUT2D eigenvalue weighted by atomic mass is 16.5. The fourth-order valence-electron chi connectivity index (χ4n) is 4.22. The van der Waals surface area contributed by atoms with Crippen LogP contribution in [0.1, 0.15) is 36.6 Å². The van der Waals surface area contributed by atoms with E-state index in [4.69, 9.17) is 9.47 Å². The van der Waals surface area contributed by atoms with E-state index >= 15 is 0 Å². The number of amides is 2. The number of nitrogens with zero attached hydrogens (tertiary/aromatic N) is 1. The first-order valence-corrected chi connectivity index (χ1v) is 13.2. The maximum absolute atomic E-state index is 13.2. The summed E-state index contributed by atoms with van der Waals surface area (Å²) in [6.07, 6.45) is 2.66. The molecule has 0 bridgehead atoms. The van der Waals surface area contributed by atoms with Crippen LogP contribution in [0.15, 0.2) is 109 Å². The second kappa shape index (κ2) is 12.7. The number of carbonyl (C=O) groups excluding carboxylic acids is 3. The topological polar surface area (TPSA) is 127 Å². The van der Waals surface area contributed by atoms with Crippen LogP contribution in [-0.4, -0.2) is 35.0 Å². The number of aromatic hydroxyl groups is 1. The molecule has 0 saturated carbocycles. The van der Waals surface area contributed by atoms with E-state index in [9.17, 15) is 19.5 Å². The lowest BCUT2D eigenvalue weighted by Crippen LogP contribution is -2.16. The zero-order valence-electron chi connectivity index (χ0n) is 23.3. The van der Waals surface area contributed by atoms with Gasteiger partial charge in [0.15, 0.2) is 0 Å². The number of phenols is 1. The van der Waals surface area contributed by atoms with Crippen LogP contribution in [-0.2, 0) is 0 Å². The quantitative estimate of drug-likeness (QED) is 0.143. The third kappa shape index (κ3) is 7.04. The predicted octanol–water partition coefficient (Wildman–Crippen LogP) is 6.50. The SMILES string of the molecule is COc1ccc(NC(=O)c2cncc(C(=O)Oc3ccc(C)cc3)c2)cc1NC(=O)c1cccc(-c2ccc(O)cc2)c1. The number of rotatable bonds is 8. The first-order valence-electron chi connectivity index (χ1n) is 13.2. The maximum atomic E-state index is 13.2. The first-order chi connectivity index (χ1) is 20.8. The normalized spacial score (nSPS) is 10.5. The molecular formula is C34H27N3O6. The van der Waals surface area contributed by atoms with E-state index in [-0.39, 0.29) is 22.8 Å². The van der Waals surface area contributed by atoms with Crippen molar-refractivity contribution in [2.45, 2.75) is 6.92 Å². The van der Waals surface area contributed by atoms with Crippen molar-refractivity contribution in [3.8, 4) is 28.4 Å². The lowest BCUT2D eigenvalue weighted by Gasteiger charge is -2.13. The van der Waals surface area contributed by atoms with Crippen LogP contribution in [0.4, 0.5) is 11.4 Å². The zero-order valence-corrected chi connectivity index (χ0v) is 23.3. The largest absolute Gasteiger partial charge is 0.508 e. The molecule has 9 heteroatoms. The standard InChI is InChI=1S/C34H27N3O6/c1-21-6-13-29(14-7-21)43-34(41)26-17-25(19-35-20-26)33(40)36-27-10-15-31(42-2)30(18-27)37-32(39)24-5-3-4-23(16-24)22-8-11-28(38)12-9-22/h3-20,38H,1-2H3,(H,36,40)(H,37,39). The molecule has 0 spiro atoms. The van der Waals surface area contributed by atoms with Gasteiger partial charge in [0.25, 0.3) is 11.8 Å². The number of aryl methyl sites for hydroxylation is 1. The third-order valence-corrected chi connectivity index (χ3v) is 6.50. The molecule has 5 aromatic rings. The Kier molecular flexibility index (Phi) is 8.43. The Morgan fingerprint density at radius 1 is 0.721 bits per heavy atom. The van der Waals surface area contributed by atoms with Crippen molar-refractivity contribution in [1.29, 1.82) is 0 Å². The molecule has 0 aliphatic carbocycles. The first kappa shape index (κ1) is 28.6. The van der Waals surface area contributed by atoms with E-state index < -0.39 is 11.9 Å². The van der Waals surface area contributed by atoms with E-state index in [0.717, 1.165) is 16.7 Å². The molecular weight excluding hydrogens is 546 g/mol. The second-order valence-electron chi connectivity index (χ2n) is 9.62. The van der Waals surface area contributed by atoms with Gasteiger partial charge in [-0.2, -0.15) is 0 Å². The molecule has 1 aromatic heterocycles. The minimum atomic E-state index is -0.644. The highest BCUT2D eigenvalue weighted by Crippen LogP contribution is 2.29. The molecule has 0 radical (unpaired) electrons. The average molecular weight is 574 g/mol. The summed E-state index contributed by atoms with van der Waals surface area (Å²) in [6.45, 7) is 1.93. The maximum Gasteiger partial charge on any atom is 0.345 e. The van der Waals surface area contributed by atoms with Crippen molar-refractivity contribution >= 4 is 29.2 Å². The molecule has 4 aromatic carbocycles. The van der Waals surface area contributed by atoms with Gasteiger partial charge >= 0.3 is 5.97 Å². The molecule has 2 amide bonds. The molecule has 0 saturated heterocycles. The molecule has 1 heterocycles. The summed E-state index contributed by atoms with van der Waals surface area (Å²) in [5, 5.41) is 15.2. The summed E-state index contributed by atoms with van der Waals surface area (Å²) in [7, 11) is 1.47. The number of pyridine rings is 1. The van der Waals surface area contributed by atoms with Gasteiger partial charge in [0.2, 0.25) is 0 Å². The summed E-state index contributed by atoms with van der Waals surface area (Å²) in [5.41, 5.74) is 4.07. The smallest absolute Gasteiger partial charge is 0.345 e. The van der Waals surface area contributed by atoms with Gasteiger partial charge in [-0.1, -0.05) is 42.0 Å². The summed E-state index contributed by atoms with van der Waals surface area (Å²) in [6, 6.07) is 27.0. The number of hydrogen-bond acceptors (Lipinski definition) is 7. The van der Waals surface area contributed by atoms with Crippen LogP contribution < -0.4 is 20.1 Å². The van der Waals surface area contributed by atoms with Crippen LogP contribution in [0, 0.1) is 6.92 Å². The predicted molar refractivity (Wildman–Crippen MR) is 163 cm³/mol. The highest BCUT2D eigenvalue weighted by molar-refractivity contribution is 6.08. The van der Waals surface area contributed by atoms with Gasteiger partial charge in [-0.3, -0.25) is 14.6 Å². The van der Waals surface area contributed by atoms with Crippen molar-refractivity contribution in [3.63, 3.8) is 0 Å². The average Bonchev–Trinajstić information content (AvgIpc) is 3.03. The van der Waals surface area contributed by atoms with Crippen LogP contribution in [0.3, 0.4) is 0 Å². The monoisotopic (exact) mass is 573 g/mol. The molecule has 0 atom stereocenters. The van der Waals surface area contributed by atoms with Gasteiger partial charge in [-0.25, -0.2) is 4.79 Å². The van der Waals surface area contributed by atoms with Gasteiger partial charge in [-0.15, -0.1) is 0 Å². The van der Waals surface area contributed by atoms with Crippen LogP contribution >= 0.6 is 0 Å². The molecule has 0 fully saturated rings. The van der Waals surface area contributed by atoms with Crippen molar-refractivity contribution in [1.82, 2.24) is 4.98 Å². The minimum Gasteiger partial charge on any atom is -0.508 e. The van der Waals surface area contributed by atoms with Crippen LogP contribution in [0.5, 0.6) is 17.2 Å². The summed E-state index contributed by atoms with van der Waals surface area (Å²) in [4.78, 5) is 42.9. The number of esters is 1. The Bertz CT molecular complexity index is 1800. The van der Waals surface area contributed by atoms with E-state index in [0.29, 0.717) is 28.4 Å². The zero-order chi connectivity index (χ0) is 30.3. The molecule has 214 valence electrons. The number of nitrogens with one attached hydrogen (secondary N) is 2. The van der Waals surface area contributed by atoms with E-state index in [1.165, 1.54) is 25.6 Å². The van der Waals surface area contributed by atoms with Crippen LogP contribution in [0.25, 0.3) is 11.1 Å². The lowest BCUT2D eigenvalue weighted by molar-refractivity contribution is 0.0734. The number of aromatic nitrogens is 1. The summed E-state index contributed by atoms with van der Waals surface area (Å²) < 4.78 is 10.8. The van der Waals surface area contributed by atoms with Crippen molar-refractivity contribution in [2.24, 2.45) is 0 Å². The molecule has 0 aliphatic rings. The number of methoxy groups -OCH3 is 1. The highest BCUT2D eigenvalue weighted by Gasteiger charge is 2.16. The number of carbonyl (C=O) groups is 3. The Balaban J connectivity index is 1.30. The van der Waals surface area contributed by atoms with E-state index in [1.807, 2.05) is 25.1 Å². The second-order valence-corrected chi connectivity index (χ2v) is 9.62. The molecule has 0 aliphatic heterocycles. The van der Waals surface area contributed by atoms with E-state index in [2.05, 4.69) is 15.6 Å². The Morgan fingerprint density at radius 2 is 1.44 bits per heavy atom. The number of hydrogen-bond donors (Lipinski definition) is 3. The lowest BCUT2D eigenvalue weighted by atomic mass is 10.0. The molecule has 3 N–H and O–H groups in total. The van der Waals surface area contributed by atoms with Crippen molar-refractivity contribution < 1.29 is 29.0 Å². The van der Waals surface area contributed by atoms with E-state index in [1.54, 1.807) is 72.8 Å².